The van der Waals surface area contributed by atoms with E-state index in [4.69, 9.17) is 14.2 Å². The first-order chi connectivity index (χ1) is 15.1. The highest BCUT2D eigenvalue weighted by Crippen LogP contribution is 2.32. The van der Waals surface area contributed by atoms with Gasteiger partial charge in [-0.25, -0.2) is 0 Å². The second-order valence-electron chi connectivity index (χ2n) is 7.86. The Morgan fingerprint density at radius 3 is 2.75 bits per heavy atom. The van der Waals surface area contributed by atoms with Crippen molar-refractivity contribution in [1.82, 2.24) is 15.2 Å². The van der Waals surface area contributed by atoms with Gasteiger partial charge in [-0.2, -0.15) is 0 Å². The number of ether oxygens (including phenoxy) is 3. The lowest BCUT2D eigenvalue weighted by Crippen LogP contribution is -2.43. The second-order valence-corrected chi connectivity index (χ2v) is 7.86. The molecule has 1 aromatic carbocycles. The number of hydrogen-bond donors (Lipinski definition) is 1. The molecule has 32 heavy (non-hydrogen) atoms. The minimum atomic E-state index is -0.124. The van der Waals surface area contributed by atoms with Crippen LogP contribution in [0.4, 0.5) is 0 Å². The summed E-state index contributed by atoms with van der Waals surface area (Å²) in [6, 6.07) is 11.6. The Balaban J connectivity index is 0.00000363. The summed E-state index contributed by atoms with van der Waals surface area (Å²) in [4.78, 5) is 19.5. The quantitative estimate of drug-likeness (QED) is 0.580. The van der Waals surface area contributed by atoms with Crippen molar-refractivity contribution < 1.29 is 19.0 Å². The van der Waals surface area contributed by atoms with E-state index in [-0.39, 0.29) is 30.3 Å². The van der Waals surface area contributed by atoms with Crippen molar-refractivity contribution in [2.45, 2.75) is 31.8 Å². The molecule has 8 heteroatoms. The van der Waals surface area contributed by atoms with Gasteiger partial charge in [-0.05, 0) is 55.6 Å². The van der Waals surface area contributed by atoms with Gasteiger partial charge >= 0.3 is 0 Å². The summed E-state index contributed by atoms with van der Waals surface area (Å²) in [5, 5.41) is 3.21. The van der Waals surface area contributed by atoms with Crippen LogP contribution in [-0.2, 0) is 16.1 Å². The topological polar surface area (TPSA) is 72.9 Å². The number of nitrogens with one attached hydrogen (secondary N) is 1. The van der Waals surface area contributed by atoms with Crippen molar-refractivity contribution in [2.24, 2.45) is 5.92 Å². The van der Waals surface area contributed by atoms with Gasteiger partial charge in [0.1, 0.15) is 11.5 Å². The number of aromatic nitrogens is 1. The number of carbonyl (C=O) groups excluding carboxylic acids is 1. The zero-order valence-electron chi connectivity index (χ0n) is 19.1. The SMILES string of the molecule is COCCC(=O)NC(c1ccccn1)C1CCCN(Cc2cc(OC)ccc2OC)C1.Cl. The molecule has 2 heterocycles. The van der Waals surface area contributed by atoms with Crippen molar-refractivity contribution >= 4 is 18.3 Å². The van der Waals surface area contributed by atoms with Crippen LogP contribution >= 0.6 is 12.4 Å². The molecule has 1 aromatic heterocycles. The number of methoxy groups -OCH3 is 3. The normalized spacial score (nSPS) is 17.2. The van der Waals surface area contributed by atoms with Gasteiger partial charge in [0.15, 0.2) is 0 Å². The minimum Gasteiger partial charge on any atom is -0.497 e. The van der Waals surface area contributed by atoms with Crippen molar-refractivity contribution in [3.05, 3.63) is 53.9 Å². The van der Waals surface area contributed by atoms with Gasteiger partial charge in [0.2, 0.25) is 5.91 Å². The lowest BCUT2D eigenvalue weighted by Gasteiger charge is -2.37. The maximum absolute atomic E-state index is 12.5. The fourth-order valence-electron chi connectivity index (χ4n) is 4.19. The molecule has 7 nitrogen and oxygen atoms in total. The van der Waals surface area contributed by atoms with E-state index in [0.717, 1.165) is 55.2 Å². The maximum Gasteiger partial charge on any atom is 0.222 e. The first kappa shape index (κ1) is 25.9. The summed E-state index contributed by atoms with van der Waals surface area (Å²) in [6.45, 7) is 3.05. The third-order valence-corrected chi connectivity index (χ3v) is 5.75. The Kier molecular flexibility index (Phi) is 10.7. The first-order valence-electron chi connectivity index (χ1n) is 10.8. The number of nitrogens with zero attached hydrogens (tertiary/aromatic N) is 2. The third-order valence-electron chi connectivity index (χ3n) is 5.75. The van der Waals surface area contributed by atoms with Gasteiger partial charge in [-0.1, -0.05) is 6.07 Å². The van der Waals surface area contributed by atoms with Gasteiger partial charge in [0.25, 0.3) is 0 Å². The molecule has 0 aliphatic carbocycles. The molecular weight excluding hydrogens is 430 g/mol. The summed E-state index contributed by atoms with van der Waals surface area (Å²) in [5.41, 5.74) is 2.00. The van der Waals surface area contributed by atoms with E-state index in [1.807, 2.05) is 36.4 Å². The molecule has 2 unspecified atom stereocenters. The van der Waals surface area contributed by atoms with Crippen molar-refractivity contribution in [2.75, 3.05) is 41.0 Å². The molecule has 2 atom stereocenters. The van der Waals surface area contributed by atoms with E-state index in [9.17, 15) is 4.79 Å². The van der Waals surface area contributed by atoms with Crippen LogP contribution in [0.1, 0.15) is 36.6 Å². The average Bonchev–Trinajstić information content (AvgIpc) is 2.81. The molecule has 1 aliphatic heterocycles. The lowest BCUT2D eigenvalue weighted by atomic mass is 9.88. The molecular formula is C24H34ClN3O4. The molecule has 1 fully saturated rings. The molecule has 2 aromatic rings. The molecule has 1 aliphatic rings. The molecule has 0 radical (unpaired) electrons. The van der Waals surface area contributed by atoms with E-state index in [1.165, 1.54) is 0 Å². The van der Waals surface area contributed by atoms with E-state index in [1.54, 1.807) is 27.5 Å². The molecule has 0 saturated carbocycles. The number of pyridine rings is 1. The third kappa shape index (κ3) is 7.08. The number of rotatable bonds is 10. The van der Waals surface area contributed by atoms with Crippen LogP contribution < -0.4 is 14.8 Å². The number of benzene rings is 1. The summed E-state index contributed by atoms with van der Waals surface area (Å²) >= 11 is 0. The van der Waals surface area contributed by atoms with Crippen LogP contribution in [0.15, 0.2) is 42.6 Å². The predicted octanol–water partition coefficient (Wildman–Crippen LogP) is 3.63. The number of halogens is 1. The predicted molar refractivity (Wildman–Crippen MR) is 126 cm³/mol. The van der Waals surface area contributed by atoms with Gasteiger partial charge in [0.05, 0.1) is 32.6 Å². The van der Waals surface area contributed by atoms with E-state index >= 15 is 0 Å². The number of carbonyl (C=O) groups is 1. The second kappa shape index (κ2) is 13.3. The van der Waals surface area contributed by atoms with Crippen molar-refractivity contribution in [3.8, 4) is 11.5 Å². The van der Waals surface area contributed by atoms with Crippen LogP contribution in [-0.4, -0.2) is 56.8 Å². The fraction of sp³-hybridized carbons (Fsp3) is 0.500. The summed E-state index contributed by atoms with van der Waals surface area (Å²) in [7, 11) is 4.97. The Bertz CT molecular complexity index is 837. The maximum atomic E-state index is 12.5. The van der Waals surface area contributed by atoms with Crippen molar-refractivity contribution in [3.63, 3.8) is 0 Å². The van der Waals surface area contributed by atoms with E-state index in [0.29, 0.717) is 13.0 Å². The van der Waals surface area contributed by atoms with Gasteiger partial charge in [0, 0.05) is 38.4 Å². The monoisotopic (exact) mass is 463 g/mol. The van der Waals surface area contributed by atoms with Gasteiger partial charge in [-0.3, -0.25) is 14.7 Å². The molecule has 1 amide bonds. The number of amides is 1. The molecule has 176 valence electrons. The number of likely N-dealkylation sites (tertiary alicyclic amines) is 1. The Labute approximate surface area is 196 Å². The zero-order chi connectivity index (χ0) is 22.1. The van der Waals surface area contributed by atoms with Crippen molar-refractivity contribution in [1.29, 1.82) is 0 Å². The van der Waals surface area contributed by atoms with E-state index < -0.39 is 0 Å². The number of piperidine rings is 1. The Hall–Kier alpha value is -2.35. The molecule has 0 spiro atoms. The Morgan fingerprint density at radius 2 is 2.06 bits per heavy atom. The lowest BCUT2D eigenvalue weighted by molar-refractivity contribution is -0.123. The summed E-state index contributed by atoms with van der Waals surface area (Å²) in [6.07, 6.45) is 4.23. The van der Waals surface area contributed by atoms with Gasteiger partial charge < -0.3 is 19.5 Å². The smallest absolute Gasteiger partial charge is 0.222 e. The van der Waals surface area contributed by atoms with Gasteiger partial charge in [-0.15, -0.1) is 12.4 Å². The highest BCUT2D eigenvalue weighted by molar-refractivity contribution is 5.85. The van der Waals surface area contributed by atoms with Crippen LogP contribution in [0, 0.1) is 5.92 Å². The minimum absolute atomic E-state index is 0. The molecule has 1 N–H and O–H groups in total. The Morgan fingerprint density at radius 1 is 1.22 bits per heavy atom. The fourth-order valence-corrected chi connectivity index (χ4v) is 4.19. The number of hydrogen-bond acceptors (Lipinski definition) is 6. The van der Waals surface area contributed by atoms with Crippen LogP contribution in [0.3, 0.4) is 0 Å². The van der Waals surface area contributed by atoms with E-state index in [2.05, 4.69) is 15.2 Å². The molecule has 0 bridgehead atoms. The summed E-state index contributed by atoms with van der Waals surface area (Å²) in [5.74, 6) is 1.94. The zero-order valence-corrected chi connectivity index (χ0v) is 19.9. The van der Waals surface area contributed by atoms with Crippen LogP contribution in [0.5, 0.6) is 11.5 Å². The van der Waals surface area contributed by atoms with Crippen LogP contribution in [0.2, 0.25) is 0 Å². The molecule has 3 rings (SSSR count). The standard InChI is InChI=1S/C24H33N3O4.ClH/c1-29-14-11-23(28)26-24(21-8-4-5-12-25-21)18-7-6-13-27(16-18)17-19-15-20(30-2)9-10-22(19)31-3;/h4-5,8-10,12,15,18,24H,6-7,11,13-14,16-17H2,1-3H3,(H,26,28);1H. The summed E-state index contributed by atoms with van der Waals surface area (Å²) < 4.78 is 16.0. The highest BCUT2D eigenvalue weighted by atomic mass is 35.5. The van der Waals surface area contributed by atoms with Crippen LogP contribution in [0.25, 0.3) is 0 Å². The largest absolute Gasteiger partial charge is 0.497 e. The molecule has 1 saturated heterocycles. The first-order valence-corrected chi connectivity index (χ1v) is 10.8. The highest BCUT2D eigenvalue weighted by Gasteiger charge is 2.30. The average molecular weight is 464 g/mol.